The molecule has 0 amide bonds. The maximum Gasteiger partial charge on any atom is 0.119 e. The topological polar surface area (TPSA) is 29.5 Å². The highest BCUT2D eigenvalue weighted by molar-refractivity contribution is 6.54. The third-order valence-corrected chi connectivity index (χ3v) is 5.85. The van der Waals surface area contributed by atoms with Crippen LogP contribution in [0.3, 0.4) is 0 Å². The second-order valence-electron chi connectivity index (χ2n) is 6.89. The number of ether oxygens (including phenoxy) is 1. The molecule has 0 heterocycles. The molecule has 0 fully saturated rings. The van der Waals surface area contributed by atoms with Gasteiger partial charge in [-0.05, 0) is 48.6 Å². The second kappa shape index (κ2) is 6.57. The quantitative estimate of drug-likeness (QED) is 0.879. The van der Waals surface area contributed by atoms with Gasteiger partial charge < -0.3 is 9.84 Å². The van der Waals surface area contributed by atoms with Crippen molar-refractivity contribution in [2.75, 3.05) is 6.23 Å². The summed E-state index contributed by atoms with van der Waals surface area (Å²) in [7, 11) is -0.446. The second-order valence-corrected chi connectivity index (χ2v) is 8.56. The Balaban J connectivity index is 2.05. The average Bonchev–Trinajstić information content (AvgIpc) is 2.44. The minimum atomic E-state index is -0.446. The number of benzene rings is 2. The van der Waals surface area contributed by atoms with E-state index < -0.39 is 9.52 Å². The summed E-state index contributed by atoms with van der Waals surface area (Å²) in [5, 5.41) is 11.5. The highest BCUT2D eigenvalue weighted by atomic mass is 28.2. The molecular weight excluding hydrogens is 288 g/mol. The van der Waals surface area contributed by atoms with Gasteiger partial charge in [-0.25, -0.2) is 0 Å². The normalized spacial score (nSPS) is 12.0. The van der Waals surface area contributed by atoms with Crippen molar-refractivity contribution in [3.8, 4) is 11.5 Å². The summed E-state index contributed by atoms with van der Waals surface area (Å²) in [6.07, 6.45) is 0.776. The van der Waals surface area contributed by atoms with E-state index in [1.807, 2.05) is 12.1 Å². The zero-order valence-corrected chi connectivity index (χ0v) is 15.6. The van der Waals surface area contributed by atoms with Gasteiger partial charge in [0.05, 0.1) is 15.7 Å². The molecule has 3 heteroatoms. The fourth-order valence-corrected chi connectivity index (χ4v) is 4.08. The Bertz CT molecular complexity index is 657. The first-order valence-electron chi connectivity index (χ1n) is 7.80. The van der Waals surface area contributed by atoms with Crippen molar-refractivity contribution in [3.63, 3.8) is 0 Å². The van der Waals surface area contributed by atoms with Gasteiger partial charge in [-0.3, -0.25) is 0 Å². The summed E-state index contributed by atoms with van der Waals surface area (Å²) in [5.74, 6) is 1.19. The van der Waals surface area contributed by atoms with E-state index in [4.69, 9.17) is 4.74 Å². The Morgan fingerprint density at radius 1 is 1.09 bits per heavy atom. The van der Waals surface area contributed by atoms with Gasteiger partial charge >= 0.3 is 0 Å². The Hall–Kier alpha value is -1.74. The Morgan fingerprint density at radius 3 is 2.50 bits per heavy atom. The Morgan fingerprint density at radius 2 is 1.82 bits per heavy atom. The van der Waals surface area contributed by atoms with Gasteiger partial charge in [0.25, 0.3) is 0 Å². The lowest BCUT2D eigenvalue weighted by Crippen LogP contribution is -2.24. The highest BCUT2D eigenvalue weighted by Crippen LogP contribution is 2.33. The molecule has 0 radical (unpaired) electrons. The fourth-order valence-electron chi connectivity index (χ4n) is 2.57. The Kier molecular flexibility index (Phi) is 4.96. The first kappa shape index (κ1) is 16.6. The highest BCUT2D eigenvalue weighted by Gasteiger charge is 2.18. The van der Waals surface area contributed by atoms with Crippen LogP contribution in [0.2, 0.25) is 0 Å². The van der Waals surface area contributed by atoms with Crippen LogP contribution in [-0.2, 0) is 5.41 Å². The van der Waals surface area contributed by atoms with Crippen molar-refractivity contribution in [2.45, 2.75) is 40.0 Å². The molecule has 0 saturated heterocycles. The van der Waals surface area contributed by atoms with E-state index in [1.54, 1.807) is 6.07 Å². The number of aryl methyl sites for hydroxylation is 1. The summed E-state index contributed by atoms with van der Waals surface area (Å²) in [6.45, 7) is 10.6. The molecule has 2 nitrogen and oxygen atoms in total. The molecule has 0 saturated carbocycles. The van der Waals surface area contributed by atoms with Crippen LogP contribution < -0.4 is 9.92 Å². The molecule has 0 aliphatic rings. The van der Waals surface area contributed by atoms with Crippen molar-refractivity contribution in [1.29, 1.82) is 0 Å². The summed E-state index contributed by atoms with van der Waals surface area (Å²) in [5.41, 5.74) is 3.59. The molecule has 2 aromatic carbocycles. The summed E-state index contributed by atoms with van der Waals surface area (Å²) < 4.78 is 5.95. The van der Waals surface area contributed by atoms with Crippen molar-refractivity contribution >= 4 is 14.7 Å². The number of phenolic OH excluding ortho intramolecular Hbond substituents is 1. The van der Waals surface area contributed by atoms with E-state index in [2.05, 4.69) is 52.8 Å². The van der Waals surface area contributed by atoms with Gasteiger partial charge in [0.15, 0.2) is 0 Å². The van der Waals surface area contributed by atoms with Gasteiger partial charge in [-0.1, -0.05) is 44.2 Å². The number of hydrogen-bond donors (Lipinski definition) is 1. The Labute approximate surface area is 136 Å². The van der Waals surface area contributed by atoms with Crippen molar-refractivity contribution in [3.05, 3.63) is 53.1 Å². The lowest BCUT2D eigenvalue weighted by molar-refractivity contribution is 0.380. The smallest absolute Gasteiger partial charge is 0.119 e. The number of rotatable bonds is 4. The fraction of sp³-hybridized carbons (Fsp3) is 0.368. The maximum absolute atomic E-state index is 9.99. The van der Waals surface area contributed by atoms with E-state index in [0.29, 0.717) is 5.75 Å². The molecule has 2 rings (SSSR count). The van der Waals surface area contributed by atoms with Crippen molar-refractivity contribution < 1.29 is 9.84 Å². The lowest BCUT2D eigenvalue weighted by Gasteiger charge is -2.21. The standard InChI is InChI=1S/C19H26O2Si/c1-13-7-6-8-18(14(13)2)22-12-21-15-9-10-17(20)16(11-15)19(3,4)5/h6-11,20H,12,22H2,1-5H3. The third kappa shape index (κ3) is 3.92. The van der Waals surface area contributed by atoms with Crippen LogP contribution in [-0.4, -0.2) is 20.9 Å². The molecule has 1 N–H and O–H groups in total. The minimum Gasteiger partial charge on any atom is -0.508 e. The van der Waals surface area contributed by atoms with Gasteiger partial charge in [-0.2, -0.15) is 0 Å². The molecule has 0 unspecified atom stereocenters. The van der Waals surface area contributed by atoms with Crippen LogP contribution in [0.5, 0.6) is 11.5 Å². The van der Waals surface area contributed by atoms with Crippen LogP contribution >= 0.6 is 0 Å². The number of aromatic hydroxyl groups is 1. The monoisotopic (exact) mass is 314 g/mol. The average molecular weight is 315 g/mol. The molecule has 0 aliphatic heterocycles. The number of phenols is 1. The van der Waals surface area contributed by atoms with E-state index in [1.165, 1.54) is 16.3 Å². The zero-order valence-electron chi connectivity index (χ0n) is 14.2. The molecular formula is C19H26O2Si. The molecule has 2 aromatic rings. The van der Waals surface area contributed by atoms with Gasteiger partial charge in [0.2, 0.25) is 0 Å². The third-order valence-electron chi connectivity index (χ3n) is 4.13. The minimum absolute atomic E-state index is 0.0893. The molecule has 22 heavy (non-hydrogen) atoms. The predicted molar refractivity (Wildman–Crippen MR) is 96.4 cm³/mol. The summed E-state index contributed by atoms with van der Waals surface area (Å²) in [4.78, 5) is 0. The molecule has 118 valence electrons. The van der Waals surface area contributed by atoms with E-state index >= 15 is 0 Å². The summed E-state index contributed by atoms with van der Waals surface area (Å²) >= 11 is 0. The van der Waals surface area contributed by atoms with E-state index in [9.17, 15) is 5.11 Å². The van der Waals surface area contributed by atoms with Crippen LogP contribution in [0.15, 0.2) is 36.4 Å². The van der Waals surface area contributed by atoms with E-state index in [-0.39, 0.29) is 5.41 Å². The van der Waals surface area contributed by atoms with Crippen LogP contribution in [0.25, 0.3) is 0 Å². The molecule has 0 spiro atoms. The maximum atomic E-state index is 9.99. The van der Waals surface area contributed by atoms with Gasteiger partial charge in [0, 0.05) is 5.56 Å². The molecule has 0 aliphatic carbocycles. The van der Waals surface area contributed by atoms with Crippen LogP contribution in [0.4, 0.5) is 0 Å². The first-order valence-corrected chi connectivity index (χ1v) is 9.51. The van der Waals surface area contributed by atoms with Crippen molar-refractivity contribution in [1.82, 2.24) is 0 Å². The molecule has 0 aromatic heterocycles. The largest absolute Gasteiger partial charge is 0.508 e. The lowest BCUT2D eigenvalue weighted by atomic mass is 9.86. The number of hydrogen-bond acceptors (Lipinski definition) is 2. The predicted octanol–water partition coefficient (Wildman–Crippen LogP) is 3.14. The zero-order chi connectivity index (χ0) is 16.3. The molecule has 0 atom stereocenters. The van der Waals surface area contributed by atoms with E-state index in [0.717, 1.165) is 17.5 Å². The van der Waals surface area contributed by atoms with Gasteiger partial charge in [-0.15, -0.1) is 0 Å². The summed E-state index contributed by atoms with van der Waals surface area (Å²) in [6, 6.07) is 12.0. The first-order chi connectivity index (χ1) is 10.3. The van der Waals surface area contributed by atoms with Gasteiger partial charge in [0.1, 0.15) is 11.5 Å². The van der Waals surface area contributed by atoms with Crippen LogP contribution in [0, 0.1) is 13.8 Å². The van der Waals surface area contributed by atoms with Crippen LogP contribution in [0.1, 0.15) is 37.5 Å². The van der Waals surface area contributed by atoms with Crippen molar-refractivity contribution in [2.24, 2.45) is 0 Å². The SMILES string of the molecule is Cc1cccc([SiH2]COc2ccc(O)c(C(C)(C)C)c2)c1C. The molecule has 0 bridgehead atoms.